The van der Waals surface area contributed by atoms with Crippen LogP contribution in [0.25, 0.3) is 6.08 Å². The van der Waals surface area contributed by atoms with Crippen molar-refractivity contribution in [3.05, 3.63) is 35.0 Å². The predicted molar refractivity (Wildman–Crippen MR) is 75.2 cm³/mol. The molecular weight excluding hydrogens is 246 g/mol. The molecule has 94 valence electrons. The zero-order valence-corrected chi connectivity index (χ0v) is 11.3. The molecular formula is C13H15N3OS. The fourth-order valence-corrected chi connectivity index (χ4v) is 2.76. The SMILES string of the molecule is CCN=C1S/C(=C\c2ccncc2)C(=O)N1CC. The van der Waals surface area contributed by atoms with E-state index >= 15 is 0 Å². The second-order valence-electron chi connectivity index (χ2n) is 3.70. The summed E-state index contributed by atoms with van der Waals surface area (Å²) in [5.74, 6) is 0.0338. The van der Waals surface area contributed by atoms with Gasteiger partial charge in [-0.3, -0.25) is 19.7 Å². The number of likely N-dealkylation sites (N-methyl/N-ethyl adjacent to an activating group) is 1. The molecule has 1 aromatic rings. The van der Waals surface area contributed by atoms with Crippen molar-refractivity contribution in [3.63, 3.8) is 0 Å². The molecule has 1 aliphatic heterocycles. The number of amidine groups is 1. The Labute approximate surface area is 111 Å². The second-order valence-corrected chi connectivity index (χ2v) is 4.71. The Kier molecular flexibility index (Phi) is 4.15. The molecule has 2 heterocycles. The third-order valence-corrected chi connectivity index (χ3v) is 3.55. The van der Waals surface area contributed by atoms with Crippen LogP contribution in [0.15, 0.2) is 34.4 Å². The zero-order valence-electron chi connectivity index (χ0n) is 10.5. The minimum atomic E-state index is 0.0338. The lowest BCUT2D eigenvalue weighted by atomic mass is 10.2. The molecule has 18 heavy (non-hydrogen) atoms. The minimum Gasteiger partial charge on any atom is -0.287 e. The number of hydrogen-bond donors (Lipinski definition) is 0. The van der Waals surface area contributed by atoms with E-state index in [1.807, 2.05) is 32.1 Å². The van der Waals surface area contributed by atoms with Gasteiger partial charge in [-0.15, -0.1) is 0 Å². The third kappa shape index (κ3) is 2.61. The van der Waals surface area contributed by atoms with Crippen molar-refractivity contribution < 1.29 is 4.79 Å². The van der Waals surface area contributed by atoms with Crippen LogP contribution in [0.2, 0.25) is 0 Å². The average Bonchev–Trinajstić information content (AvgIpc) is 2.67. The summed E-state index contributed by atoms with van der Waals surface area (Å²) in [5.41, 5.74) is 0.981. The third-order valence-electron chi connectivity index (χ3n) is 2.50. The highest BCUT2D eigenvalue weighted by Gasteiger charge is 2.31. The van der Waals surface area contributed by atoms with Crippen molar-refractivity contribution in [1.29, 1.82) is 0 Å². The topological polar surface area (TPSA) is 45.6 Å². The maximum absolute atomic E-state index is 12.2. The van der Waals surface area contributed by atoms with Crippen LogP contribution in [0.3, 0.4) is 0 Å². The normalized spacial score (nSPS) is 20.1. The van der Waals surface area contributed by atoms with Gasteiger partial charge in [0, 0.05) is 25.5 Å². The molecule has 5 heteroatoms. The number of rotatable bonds is 3. The van der Waals surface area contributed by atoms with Crippen LogP contribution < -0.4 is 0 Å². The van der Waals surface area contributed by atoms with Crippen LogP contribution in [0, 0.1) is 0 Å². The van der Waals surface area contributed by atoms with Gasteiger partial charge in [0.15, 0.2) is 5.17 Å². The Morgan fingerprint density at radius 3 is 2.72 bits per heavy atom. The van der Waals surface area contributed by atoms with Gasteiger partial charge in [-0.1, -0.05) is 0 Å². The monoisotopic (exact) mass is 261 g/mol. The first-order valence-corrected chi connectivity index (χ1v) is 6.73. The standard InChI is InChI=1S/C13H15N3OS/c1-3-15-13-16(4-2)12(17)11(18-13)9-10-5-7-14-8-6-10/h5-9H,3-4H2,1-2H3/b11-9-,15-13?. The van der Waals surface area contributed by atoms with Crippen molar-refractivity contribution in [2.75, 3.05) is 13.1 Å². The highest BCUT2D eigenvalue weighted by Crippen LogP contribution is 2.32. The first-order chi connectivity index (χ1) is 8.76. The largest absolute Gasteiger partial charge is 0.287 e. The molecule has 4 nitrogen and oxygen atoms in total. The number of carbonyl (C=O) groups is 1. The van der Waals surface area contributed by atoms with Gasteiger partial charge in [-0.25, -0.2) is 0 Å². The van der Waals surface area contributed by atoms with Crippen molar-refractivity contribution in [2.24, 2.45) is 4.99 Å². The van der Waals surface area contributed by atoms with Crippen molar-refractivity contribution in [1.82, 2.24) is 9.88 Å². The molecule has 0 aromatic carbocycles. The fraction of sp³-hybridized carbons (Fsp3) is 0.308. The molecule has 0 atom stereocenters. The van der Waals surface area contributed by atoms with Gasteiger partial charge in [-0.05, 0) is 49.4 Å². The fourth-order valence-electron chi connectivity index (χ4n) is 1.65. The number of amides is 1. The van der Waals surface area contributed by atoms with Crippen LogP contribution in [0.5, 0.6) is 0 Å². The van der Waals surface area contributed by atoms with E-state index in [0.29, 0.717) is 13.1 Å². The van der Waals surface area contributed by atoms with E-state index in [9.17, 15) is 4.79 Å². The smallest absolute Gasteiger partial charge is 0.266 e. The van der Waals surface area contributed by atoms with Gasteiger partial charge in [0.1, 0.15) is 0 Å². The van der Waals surface area contributed by atoms with E-state index in [0.717, 1.165) is 15.6 Å². The van der Waals surface area contributed by atoms with Gasteiger partial charge < -0.3 is 0 Å². The number of hydrogen-bond acceptors (Lipinski definition) is 4. The summed E-state index contributed by atoms with van der Waals surface area (Å²) in [7, 11) is 0. The molecule has 0 unspecified atom stereocenters. The van der Waals surface area contributed by atoms with Crippen LogP contribution in [0.1, 0.15) is 19.4 Å². The molecule has 1 fully saturated rings. The zero-order chi connectivity index (χ0) is 13.0. The van der Waals surface area contributed by atoms with Crippen molar-refractivity contribution in [3.8, 4) is 0 Å². The minimum absolute atomic E-state index is 0.0338. The molecule has 1 aliphatic rings. The van der Waals surface area contributed by atoms with Crippen molar-refractivity contribution >= 4 is 28.9 Å². The quantitative estimate of drug-likeness (QED) is 0.785. The molecule has 1 aromatic heterocycles. The Bertz CT molecular complexity index is 496. The maximum atomic E-state index is 12.2. The summed E-state index contributed by atoms with van der Waals surface area (Å²) in [4.78, 5) is 22.9. The molecule has 0 N–H and O–H groups in total. The van der Waals surface area contributed by atoms with Crippen LogP contribution >= 0.6 is 11.8 Å². The lowest BCUT2D eigenvalue weighted by Gasteiger charge is -2.11. The van der Waals surface area contributed by atoms with E-state index in [2.05, 4.69) is 9.98 Å². The molecule has 1 saturated heterocycles. The molecule has 0 saturated carbocycles. The summed E-state index contributed by atoms with van der Waals surface area (Å²) in [6.45, 7) is 5.27. The second kappa shape index (κ2) is 5.82. The number of carbonyl (C=O) groups excluding carboxylic acids is 1. The van der Waals surface area contributed by atoms with Crippen LogP contribution in [0.4, 0.5) is 0 Å². The van der Waals surface area contributed by atoms with E-state index in [1.54, 1.807) is 17.3 Å². The van der Waals surface area contributed by atoms with Gasteiger partial charge >= 0.3 is 0 Å². The molecule has 1 amide bonds. The summed E-state index contributed by atoms with van der Waals surface area (Å²) >= 11 is 1.44. The summed E-state index contributed by atoms with van der Waals surface area (Å²) in [5, 5.41) is 0.797. The lowest BCUT2D eigenvalue weighted by Crippen LogP contribution is -2.28. The van der Waals surface area contributed by atoms with E-state index in [-0.39, 0.29) is 5.91 Å². The van der Waals surface area contributed by atoms with Crippen LogP contribution in [-0.4, -0.2) is 34.0 Å². The molecule has 0 aliphatic carbocycles. The summed E-state index contributed by atoms with van der Waals surface area (Å²) in [6.07, 6.45) is 5.32. The Morgan fingerprint density at radius 1 is 1.39 bits per heavy atom. The highest BCUT2D eigenvalue weighted by atomic mass is 32.2. The lowest BCUT2D eigenvalue weighted by molar-refractivity contribution is -0.122. The summed E-state index contributed by atoms with van der Waals surface area (Å²) in [6, 6.07) is 3.76. The number of pyridine rings is 1. The number of thioether (sulfide) groups is 1. The van der Waals surface area contributed by atoms with E-state index in [4.69, 9.17) is 0 Å². The van der Waals surface area contributed by atoms with Gasteiger partial charge in [0.25, 0.3) is 5.91 Å². The molecule has 0 radical (unpaired) electrons. The van der Waals surface area contributed by atoms with Crippen molar-refractivity contribution in [2.45, 2.75) is 13.8 Å². The number of nitrogens with zero attached hydrogens (tertiary/aromatic N) is 3. The Hall–Kier alpha value is -1.62. The van der Waals surface area contributed by atoms with E-state index < -0.39 is 0 Å². The molecule has 0 spiro atoms. The van der Waals surface area contributed by atoms with E-state index in [1.165, 1.54) is 11.8 Å². The van der Waals surface area contributed by atoms with Crippen LogP contribution in [-0.2, 0) is 4.79 Å². The van der Waals surface area contributed by atoms with Gasteiger partial charge in [0.2, 0.25) is 0 Å². The molecule has 0 bridgehead atoms. The predicted octanol–water partition coefficient (Wildman–Crippen LogP) is 2.39. The maximum Gasteiger partial charge on any atom is 0.266 e. The average molecular weight is 261 g/mol. The van der Waals surface area contributed by atoms with Gasteiger partial charge in [0.05, 0.1) is 4.91 Å². The summed E-state index contributed by atoms with van der Waals surface area (Å²) < 4.78 is 0. The highest BCUT2D eigenvalue weighted by molar-refractivity contribution is 8.18. The Balaban J connectivity index is 2.29. The number of aromatic nitrogens is 1. The first-order valence-electron chi connectivity index (χ1n) is 5.92. The van der Waals surface area contributed by atoms with Gasteiger partial charge in [-0.2, -0.15) is 0 Å². The number of aliphatic imine (C=N–C) groups is 1. The Morgan fingerprint density at radius 2 is 2.11 bits per heavy atom. The molecule has 2 rings (SSSR count). The first kappa shape index (κ1) is 12.8.